The van der Waals surface area contributed by atoms with Crippen LogP contribution in [0.25, 0.3) is 11.6 Å². The van der Waals surface area contributed by atoms with E-state index in [1.165, 1.54) is 11.8 Å². The second-order valence-corrected chi connectivity index (χ2v) is 8.45. The van der Waals surface area contributed by atoms with Crippen molar-refractivity contribution in [3.63, 3.8) is 0 Å². The summed E-state index contributed by atoms with van der Waals surface area (Å²) < 4.78 is 5.39. The van der Waals surface area contributed by atoms with Gasteiger partial charge in [-0.25, -0.2) is 9.97 Å². The van der Waals surface area contributed by atoms with E-state index in [9.17, 15) is 9.59 Å². The maximum atomic E-state index is 13.0. The summed E-state index contributed by atoms with van der Waals surface area (Å²) in [6.45, 7) is 3.37. The van der Waals surface area contributed by atoms with Crippen molar-refractivity contribution in [2.75, 3.05) is 29.6 Å². The molecule has 0 aliphatic carbocycles. The molecule has 9 heteroatoms. The van der Waals surface area contributed by atoms with E-state index in [0.717, 1.165) is 31.6 Å². The lowest BCUT2D eigenvalue weighted by molar-refractivity contribution is -0.122. The van der Waals surface area contributed by atoms with Crippen LogP contribution in [0.3, 0.4) is 0 Å². The second kappa shape index (κ2) is 9.44. The largest absolute Gasteiger partial charge is 0.461 e. The first-order chi connectivity index (χ1) is 15.5. The molecule has 1 fully saturated rings. The zero-order valence-corrected chi connectivity index (χ0v) is 18.8. The minimum absolute atomic E-state index is 0.0416. The highest BCUT2D eigenvalue weighted by Crippen LogP contribution is 2.27. The van der Waals surface area contributed by atoms with Crippen LogP contribution in [-0.4, -0.2) is 41.1 Å². The van der Waals surface area contributed by atoms with Crippen LogP contribution in [0.5, 0.6) is 0 Å². The van der Waals surface area contributed by atoms with Crippen molar-refractivity contribution < 1.29 is 14.0 Å². The van der Waals surface area contributed by atoms with Gasteiger partial charge in [0.05, 0.1) is 17.5 Å². The molecular formula is C23H25N5O3S. The van der Waals surface area contributed by atoms with Crippen molar-refractivity contribution in [3.8, 4) is 11.6 Å². The number of hydrogen-bond acceptors (Lipinski definition) is 7. The number of primary amides is 1. The lowest BCUT2D eigenvalue weighted by Crippen LogP contribution is -2.38. The van der Waals surface area contributed by atoms with Crippen LogP contribution in [0.2, 0.25) is 0 Å². The Morgan fingerprint density at radius 3 is 2.47 bits per heavy atom. The Kier molecular flexibility index (Phi) is 6.45. The molecule has 0 atom stereocenters. The monoisotopic (exact) mass is 451 g/mol. The van der Waals surface area contributed by atoms with Crippen molar-refractivity contribution in [2.24, 2.45) is 11.7 Å². The van der Waals surface area contributed by atoms with Gasteiger partial charge in [-0.1, -0.05) is 0 Å². The predicted molar refractivity (Wildman–Crippen MR) is 125 cm³/mol. The topological polar surface area (TPSA) is 114 Å². The van der Waals surface area contributed by atoms with Crippen LogP contribution in [0.15, 0.2) is 52.1 Å². The summed E-state index contributed by atoms with van der Waals surface area (Å²) in [6.07, 6.45) is 4.97. The highest BCUT2D eigenvalue weighted by atomic mass is 32.2. The van der Waals surface area contributed by atoms with Gasteiger partial charge in [-0.05, 0) is 62.4 Å². The molecule has 2 aromatic heterocycles. The zero-order valence-electron chi connectivity index (χ0n) is 18.0. The average Bonchev–Trinajstić information content (AvgIpc) is 3.34. The summed E-state index contributed by atoms with van der Waals surface area (Å²) in [5.41, 5.74) is 8.19. The van der Waals surface area contributed by atoms with Crippen molar-refractivity contribution in [1.29, 1.82) is 0 Å². The maximum absolute atomic E-state index is 13.0. The van der Waals surface area contributed by atoms with E-state index in [1.54, 1.807) is 25.3 Å². The summed E-state index contributed by atoms with van der Waals surface area (Å²) in [5.74, 6) is 0.500. The summed E-state index contributed by atoms with van der Waals surface area (Å²) in [5, 5.41) is 3.54. The summed E-state index contributed by atoms with van der Waals surface area (Å²) in [6, 6.07) is 11.3. The molecule has 3 heterocycles. The molecule has 0 spiro atoms. The minimum Gasteiger partial charge on any atom is -0.461 e. The standard InChI is InChI=1S/C23H25N5O3S/c1-14-19(23(32-2)27-21(25-14)18-4-3-13-31-18)22(30)26-16-5-7-17(8-6-16)28-11-9-15(10-12-28)20(24)29/h3-8,13,15H,9-12H2,1-2H3,(H2,24,29)(H,26,30). The maximum Gasteiger partial charge on any atom is 0.260 e. The zero-order chi connectivity index (χ0) is 22.7. The molecule has 166 valence electrons. The summed E-state index contributed by atoms with van der Waals surface area (Å²) in [7, 11) is 0. The van der Waals surface area contributed by atoms with Gasteiger partial charge in [0.15, 0.2) is 11.6 Å². The van der Waals surface area contributed by atoms with E-state index in [1.807, 2.05) is 30.5 Å². The fourth-order valence-corrected chi connectivity index (χ4v) is 4.47. The van der Waals surface area contributed by atoms with Crippen molar-refractivity contribution >= 4 is 35.0 Å². The number of aromatic nitrogens is 2. The van der Waals surface area contributed by atoms with Gasteiger partial charge >= 0.3 is 0 Å². The number of nitrogens with one attached hydrogen (secondary N) is 1. The van der Waals surface area contributed by atoms with E-state index in [-0.39, 0.29) is 17.7 Å². The SMILES string of the molecule is CSc1nc(-c2ccco2)nc(C)c1C(=O)Nc1ccc(N2CCC(C(N)=O)CC2)cc1. The predicted octanol–water partition coefficient (Wildman–Crippen LogP) is 3.72. The quantitative estimate of drug-likeness (QED) is 0.434. The number of carbonyl (C=O) groups is 2. The Hall–Kier alpha value is -3.33. The first-order valence-corrected chi connectivity index (χ1v) is 11.6. The fraction of sp³-hybridized carbons (Fsp3) is 0.304. The molecule has 1 saturated heterocycles. The molecule has 1 aromatic carbocycles. The number of anilines is 2. The Morgan fingerprint density at radius 2 is 1.88 bits per heavy atom. The molecule has 0 saturated carbocycles. The first-order valence-electron chi connectivity index (χ1n) is 10.4. The third kappa shape index (κ3) is 4.62. The molecule has 0 bridgehead atoms. The smallest absolute Gasteiger partial charge is 0.260 e. The Balaban J connectivity index is 1.47. The molecule has 4 rings (SSSR count). The number of nitrogens with zero attached hydrogens (tertiary/aromatic N) is 3. The van der Waals surface area contributed by atoms with Gasteiger partial charge in [0.1, 0.15) is 5.03 Å². The van der Waals surface area contributed by atoms with Gasteiger partial charge in [0.25, 0.3) is 5.91 Å². The molecule has 0 unspecified atom stereocenters. The van der Waals surface area contributed by atoms with Crippen LogP contribution in [0, 0.1) is 12.8 Å². The number of thioether (sulfide) groups is 1. The van der Waals surface area contributed by atoms with Crippen molar-refractivity contribution in [3.05, 3.63) is 53.9 Å². The highest BCUT2D eigenvalue weighted by Gasteiger charge is 2.23. The highest BCUT2D eigenvalue weighted by molar-refractivity contribution is 7.98. The van der Waals surface area contributed by atoms with Gasteiger partial charge < -0.3 is 20.4 Å². The second-order valence-electron chi connectivity index (χ2n) is 7.66. The van der Waals surface area contributed by atoms with Gasteiger partial charge in [-0.15, -0.1) is 11.8 Å². The molecule has 3 N–H and O–H groups in total. The molecule has 32 heavy (non-hydrogen) atoms. The number of furan rings is 1. The number of piperidine rings is 1. The van der Waals surface area contributed by atoms with Gasteiger partial charge in [-0.2, -0.15) is 0 Å². The number of hydrogen-bond donors (Lipinski definition) is 2. The number of amides is 2. The van der Waals surface area contributed by atoms with E-state index in [0.29, 0.717) is 33.6 Å². The van der Waals surface area contributed by atoms with E-state index >= 15 is 0 Å². The lowest BCUT2D eigenvalue weighted by Gasteiger charge is -2.32. The van der Waals surface area contributed by atoms with Crippen LogP contribution < -0.4 is 16.0 Å². The first kappa shape index (κ1) is 21.9. The van der Waals surface area contributed by atoms with Crippen LogP contribution in [-0.2, 0) is 4.79 Å². The number of nitrogens with two attached hydrogens (primary N) is 1. The number of rotatable bonds is 6. The van der Waals surface area contributed by atoms with Gasteiger partial charge in [0, 0.05) is 30.4 Å². The molecular weight excluding hydrogens is 426 g/mol. The lowest BCUT2D eigenvalue weighted by atomic mass is 9.96. The van der Waals surface area contributed by atoms with Crippen LogP contribution in [0.1, 0.15) is 28.9 Å². The van der Waals surface area contributed by atoms with Gasteiger partial charge in [0.2, 0.25) is 5.91 Å². The Labute approximate surface area is 190 Å². The number of benzene rings is 1. The van der Waals surface area contributed by atoms with Crippen molar-refractivity contribution in [2.45, 2.75) is 24.8 Å². The fourth-order valence-electron chi connectivity index (χ4n) is 3.84. The van der Waals surface area contributed by atoms with Crippen LogP contribution >= 0.6 is 11.8 Å². The third-order valence-electron chi connectivity index (χ3n) is 5.61. The number of aryl methyl sites for hydroxylation is 1. The van der Waals surface area contributed by atoms with E-state index in [4.69, 9.17) is 10.2 Å². The molecule has 0 radical (unpaired) electrons. The van der Waals surface area contributed by atoms with E-state index < -0.39 is 0 Å². The molecule has 3 aromatic rings. The summed E-state index contributed by atoms with van der Waals surface area (Å²) >= 11 is 1.39. The third-order valence-corrected chi connectivity index (χ3v) is 6.29. The Bertz CT molecular complexity index is 1110. The average molecular weight is 452 g/mol. The van der Waals surface area contributed by atoms with E-state index in [2.05, 4.69) is 20.2 Å². The number of carbonyl (C=O) groups excluding carboxylic acids is 2. The molecule has 1 aliphatic rings. The minimum atomic E-state index is -0.257. The molecule has 8 nitrogen and oxygen atoms in total. The molecule has 1 aliphatic heterocycles. The van der Waals surface area contributed by atoms with Gasteiger partial charge in [-0.3, -0.25) is 9.59 Å². The summed E-state index contributed by atoms with van der Waals surface area (Å²) in [4.78, 5) is 35.6. The van der Waals surface area contributed by atoms with Crippen molar-refractivity contribution in [1.82, 2.24) is 9.97 Å². The molecule has 2 amide bonds. The normalized spacial score (nSPS) is 14.4. The van der Waals surface area contributed by atoms with Crippen LogP contribution in [0.4, 0.5) is 11.4 Å². The Morgan fingerprint density at radius 1 is 1.16 bits per heavy atom.